The van der Waals surface area contributed by atoms with Gasteiger partial charge in [0.15, 0.2) is 0 Å². The van der Waals surface area contributed by atoms with E-state index in [0.29, 0.717) is 16.6 Å². The molecular formula is C14H19ClN2O. The molecule has 1 heterocycles. The van der Waals surface area contributed by atoms with E-state index in [1.165, 1.54) is 32.1 Å². The molecule has 2 rings (SSSR count). The summed E-state index contributed by atoms with van der Waals surface area (Å²) in [5.74, 6) is 0.606. The summed E-state index contributed by atoms with van der Waals surface area (Å²) >= 11 is 5.87. The molecule has 4 heteroatoms. The molecule has 1 saturated carbocycles. The average Bonchev–Trinajstić information content (AvgIpc) is 2.39. The number of hydrogen-bond acceptors (Lipinski definition) is 2. The zero-order chi connectivity index (χ0) is 13.0. The van der Waals surface area contributed by atoms with Crippen LogP contribution in [-0.2, 0) is 0 Å². The normalized spacial score (nSPS) is 16.6. The molecule has 3 nitrogen and oxygen atoms in total. The molecule has 1 aromatic heterocycles. The highest BCUT2D eigenvalue weighted by Crippen LogP contribution is 2.24. The molecule has 98 valence electrons. The minimum Gasteiger partial charge on any atom is -0.340 e. The van der Waals surface area contributed by atoms with Crippen LogP contribution in [0.15, 0.2) is 18.3 Å². The minimum atomic E-state index is -0.0388. The van der Waals surface area contributed by atoms with Crippen LogP contribution in [0.4, 0.5) is 0 Å². The molecule has 0 aliphatic heterocycles. The van der Waals surface area contributed by atoms with Crippen molar-refractivity contribution in [3.63, 3.8) is 0 Å². The summed E-state index contributed by atoms with van der Waals surface area (Å²) in [6.45, 7) is 0.826. The lowest BCUT2D eigenvalue weighted by Gasteiger charge is -2.26. The van der Waals surface area contributed by atoms with E-state index >= 15 is 0 Å². The second-order valence-corrected chi connectivity index (χ2v) is 5.49. The van der Waals surface area contributed by atoms with E-state index < -0.39 is 0 Å². The fourth-order valence-corrected chi connectivity index (χ4v) is 2.72. The molecule has 0 aromatic carbocycles. The van der Waals surface area contributed by atoms with E-state index in [2.05, 4.69) is 4.98 Å². The molecule has 1 fully saturated rings. The SMILES string of the molecule is CN(CC1CCCCC1)C(=O)c1cc(Cl)ccn1. The Balaban J connectivity index is 1.95. The smallest absolute Gasteiger partial charge is 0.272 e. The Bertz CT molecular complexity index is 416. The highest BCUT2D eigenvalue weighted by molar-refractivity contribution is 6.30. The van der Waals surface area contributed by atoms with Gasteiger partial charge < -0.3 is 4.90 Å². The molecule has 0 spiro atoms. The maximum absolute atomic E-state index is 12.2. The van der Waals surface area contributed by atoms with Gasteiger partial charge in [0, 0.05) is 24.8 Å². The number of aromatic nitrogens is 1. The highest BCUT2D eigenvalue weighted by atomic mass is 35.5. The minimum absolute atomic E-state index is 0.0388. The lowest BCUT2D eigenvalue weighted by atomic mass is 9.89. The number of carbonyl (C=O) groups is 1. The lowest BCUT2D eigenvalue weighted by Crippen LogP contribution is -2.33. The number of rotatable bonds is 3. The number of carbonyl (C=O) groups excluding carboxylic acids is 1. The van der Waals surface area contributed by atoms with Crippen molar-refractivity contribution in [3.8, 4) is 0 Å². The molecule has 0 unspecified atom stereocenters. The Labute approximate surface area is 113 Å². The van der Waals surface area contributed by atoms with E-state index in [9.17, 15) is 4.79 Å². The summed E-state index contributed by atoms with van der Waals surface area (Å²) in [4.78, 5) is 18.0. The number of nitrogens with zero attached hydrogens (tertiary/aromatic N) is 2. The third-order valence-electron chi connectivity index (χ3n) is 3.54. The van der Waals surface area contributed by atoms with E-state index in [1.807, 2.05) is 7.05 Å². The lowest BCUT2D eigenvalue weighted by molar-refractivity contribution is 0.0755. The third kappa shape index (κ3) is 3.45. The van der Waals surface area contributed by atoms with Crippen LogP contribution in [0.25, 0.3) is 0 Å². The molecule has 0 saturated heterocycles. The van der Waals surface area contributed by atoms with Crippen LogP contribution in [0.5, 0.6) is 0 Å². The van der Waals surface area contributed by atoms with Crippen LogP contribution in [0, 0.1) is 5.92 Å². The van der Waals surface area contributed by atoms with Gasteiger partial charge in [0.25, 0.3) is 5.91 Å². The summed E-state index contributed by atoms with van der Waals surface area (Å²) in [5, 5.41) is 0.555. The van der Waals surface area contributed by atoms with Gasteiger partial charge in [-0.1, -0.05) is 30.9 Å². The van der Waals surface area contributed by atoms with Gasteiger partial charge in [0.2, 0.25) is 0 Å². The van der Waals surface area contributed by atoms with E-state index in [4.69, 9.17) is 11.6 Å². The first-order chi connectivity index (χ1) is 8.66. The zero-order valence-electron chi connectivity index (χ0n) is 10.7. The summed E-state index contributed by atoms with van der Waals surface area (Å²) in [5.41, 5.74) is 0.431. The Morgan fingerprint density at radius 1 is 1.44 bits per heavy atom. The van der Waals surface area contributed by atoms with Crippen molar-refractivity contribution in [3.05, 3.63) is 29.0 Å². The quantitative estimate of drug-likeness (QED) is 0.840. The van der Waals surface area contributed by atoms with Gasteiger partial charge in [-0.05, 0) is 30.9 Å². The van der Waals surface area contributed by atoms with Crippen LogP contribution < -0.4 is 0 Å². The fourth-order valence-electron chi connectivity index (χ4n) is 2.56. The van der Waals surface area contributed by atoms with Gasteiger partial charge in [0.1, 0.15) is 5.69 Å². The van der Waals surface area contributed by atoms with Gasteiger partial charge in [-0.25, -0.2) is 0 Å². The van der Waals surface area contributed by atoms with Crippen LogP contribution in [0.3, 0.4) is 0 Å². The Morgan fingerprint density at radius 2 is 2.17 bits per heavy atom. The molecular weight excluding hydrogens is 248 g/mol. The van der Waals surface area contributed by atoms with Crippen molar-refractivity contribution in [2.75, 3.05) is 13.6 Å². The maximum atomic E-state index is 12.2. The first-order valence-electron chi connectivity index (χ1n) is 6.54. The van der Waals surface area contributed by atoms with Crippen LogP contribution in [-0.4, -0.2) is 29.4 Å². The topological polar surface area (TPSA) is 33.2 Å². The zero-order valence-corrected chi connectivity index (χ0v) is 11.5. The maximum Gasteiger partial charge on any atom is 0.272 e. The number of halogens is 1. The molecule has 1 aromatic rings. The predicted octanol–water partition coefficient (Wildman–Crippen LogP) is 3.39. The summed E-state index contributed by atoms with van der Waals surface area (Å²) in [7, 11) is 1.85. The Morgan fingerprint density at radius 3 is 2.83 bits per heavy atom. The van der Waals surface area contributed by atoms with Crippen molar-refractivity contribution >= 4 is 17.5 Å². The van der Waals surface area contributed by atoms with E-state index in [-0.39, 0.29) is 5.91 Å². The molecule has 1 amide bonds. The fraction of sp³-hybridized carbons (Fsp3) is 0.571. The molecule has 1 aliphatic carbocycles. The molecule has 18 heavy (non-hydrogen) atoms. The van der Waals surface area contributed by atoms with Gasteiger partial charge >= 0.3 is 0 Å². The van der Waals surface area contributed by atoms with E-state index in [0.717, 1.165) is 6.54 Å². The summed E-state index contributed by atoms with van der Waals surface area (Å²) < 4.78 is 0. The molecule has 0 bridgehead atoms. The van der Waals surface area contributed by atoms with Gasteiger partial charge in [0.05, 0.1) is 0 Å². The monoisotopic (exact) mass is 266 g/mol. The first-order valence-corrected chi connectivity index (χ1v) is 6.91. The second-order valence-electron chi connectivity index (χ2n) is 5.05. The van der Waals surface area contributed by atoms with Crippen molar-refractivity contribution in [2.45, 2.75) is 32.1 Å². The van der Waals surface area contributed by atoms with Crippen molar-refractivity contribution in [2.24, 2.45) is 5.92 Å². The number of amides is 1. The van der Waals surface area contributed by atoms with E-state index in [1.54, 1.807) is 23.2 Å². The van der Waals surface area contributed by atoms with Crippen LogP contribution in [0.2, 0.25) is 5.02 Å². The van der Waals surface area contributed by atoms with Gasteiger partial charge in [-0.3, -0.25) is 9.78 Å². The molecule has 1 aliphatic rings. The Kier molecular flexibility index (Phi) is 4.59. The van der Waals surface area contributed by atoms with Crippen molar-refractivity contribution < 1.29 is 4.79 Å². The highest BCUT2D eigenvalue weighted by Gasteiger charge is 2.19. The van der Waals surface area contributed by atoms with Crippen LogP contribution >= 0.6 is 11.6 Å². The predicted molar refractivity (Wildman–Crippen MR) is 72.8 cm³/mol. The first kappa shape index (κ1) is 13.3. The van der Waals surface area contributed by atoms with Crippen LogP contribution in [0.1, 0.15) is 42.6 Å². The molecule has 0 atom stereocenters. The second kappa shape index (κ2) is 6.19. The summed E-state index contributed by atoms with van der Waals surface area (Å²) in [6.07, 6.45) is 7.97. The van der Waals surface area contributed by atoms with Crippen molar-refractivity contribution in [1.82, 2.24) is 9.88 Å². The largest absolute Gasteiger partial charge is 0.340 e. The van der Waals surface area contributed by atoms with Gasteiger partial charge in [-0.2, -0.15) is 0 Å². The number of pyridine rings is 1. The molecule has 0 N–H and O–H groups in total. The Hall–Kier alpha value is -1.09. The number of hydrogen-bond donors (Lipinski definition) is 0. The standard InChI is InChI=1S/C14H19ClN2O/c1-17(10-11-5-3-2-4-6-11)14(18)13-9-12(15)7-8-16-13/h7-9,11H,2-6,10H2,1H3. The average molecular weight is 267 g/mol. The van der Waals surface area contributed by atoms with Crippen molar-refractivity contribution in [1.29, 1.82) is 0 Å². The summed E-state index contributed by atoms with van der Waals surface area (Å²) in [6, 6.07) is 3.31. The van der Waals surface area contributed by atoms with Gasteiger partial charge in [-0.15, -0.1) is 0 Å². The molecule has 0 radical (unpaired) electrons. The third-order valence-corrected chi connectivity index (χ3v) is 3.78.